The van der Waals surface area contributed by atoms with Crippen LogP contribution in [0.25, 0.3) is 0 Å². The molecule has 0 saturated carbocycles. The van der Waals surface area contributed by atoms with E-state index in [2.05, 4.69) is 0 Å². The Bertz CT molecular complexity index is 846. The molecule has 0 aromatic heterocycles. The van der Waals surface area contributed by atoms with Crippen molar-refractivity contribution in [3.05, 3.63) is 34.6 Å². The minimum absolute atomic E-state index is 0.0291. The highest BCUT2D eigenvalue weighted by atomic mass is 19.1. The van der Waals surface area contributed by atoms with Gasteiger partial charge in [-0.05, 0) is 46.2 Å². The van der Waals surface area contributed by atoms with Crippen molar-refractivity contribution in [1.29, 1.82) is 0 Å². The van der Waals surface area contributed by atoms with Crippen LogP contribution in [0, 0.1) is 5.82 Å². The fourth-order valence-corrected chi connectivity index (χ4v) is 3.28. The predicted molar refractivity (Wildman–Crippen MR) is 96.0 cm³/mol. The molecule has 0 bridgehead atoms. The van der Waals surface area contributed by atoms with Crippen LogP contribution in [-0.2, 0) is 14.3 Å². The van der Waals surface area contributed by atoms with Crippen LogP contribution in [0.4, 0.5) is 4.39 Å². The zero-order valence-electron chi connectivity index (χ0n) is 16.1. The van der Waals surface area contributed by atoms with Crippen LogP contribution in [0.1, 0.15) is 72.9 Å². The fraction of sp³-hybridized carbons (Fsp3) is 0.474. The van der Waals surface area contributed by atoms with Crippen LogP contribution >= 0.6 is 0 Å². The van der Waals surface area contributed by atoms with Crippen molar-refractivity contribution in [3.63, 3.8) is 0 Å². The molecular weight excluding hydrogens is 371 g/mol. The minimum atomic E-state index is -1.46. The molecule has 1 aromatic rings. The Morgan fingerprint density at radius 2 is 1.93 bits per heavy atom. The smallest absolute Gasteiger partial charge is 0.338 e. The van der Waals surface area contributed by atoms with Crippen LogP contribution in [0.5, 0.6) is 0 Å². The second kappa shape index (κ2) is 7.57. The molecule has 0 fully saturated rings. The van der Waals surface area contributed by atoms with Crippen LogP contribution < -0.4 is 5.73 Å². The molecule has 0 unspecified atom stereocenters. The summed E-state index contributed by atoms with van der Waals surface area (Å²) < 4.78 is 19.8. The molecule has 0 aliphatic carbocycles. The number of carboxylic acids is 1. The molecule has 8 nitrogen and oxygen atoms in total. The lowest BCUT2D eigenvalue weighted by Crippen LogP contribution is -2.46. The van der Waals surface area contributed by atoms with E-state index in [9.17, 15) is 23.6 Å². The van der Waals surface area contributed by atoms with Crippen LogP contribution in [0.15, 0.2) is 12.1 Å². The molecule has 9 heteroatoms. The second-order valence-corrected chi connectivity index (χ2v) is 7.63. The Balaban J connectivity index is 2.30. The summed E-state index contributed by atoms with van der Waals surface area (Å²) in [5.41, 5.74) is 4.03. The molecule has 152 valence electrons. The third-order valence-corrected chi connectivity index (χ3v) is 4.42. The Morgan fingerprint density at radius 3 is 2.43 bits per heavy atom. The van der Waals surface area contributed by atoms with Gasteiger partial charge in [-0.15, -0.1) is 0 Å². The molecule has 2 rings (SSSR count). The number of ether oxygens (including phenoxy) is 1. The monoisotopic (exact) mass is 394 g/mol. The number of hydrogen-bond acceptors (Lipinski definition) is 5. The van der Waals surface area contributed by atoms with Gasteiger partial charge >= 0.3 is 11.9 Å². The third kappa shape index (κ3) is 4.13. The van der Waals surface area contributed by atoms with Crippen molar-refractivity contribution in [1.82, 2.24) is 4.90 Å². The number of hydrogen-bond donors (Lipinski definition) is 2. The maximum Gasteiger partial charge on any atom is 0.338 e. The van der Waals surface area contributed by atoms with E-state index in [-0.39, 0.29) is 24.0 Å². The van der Waals surface area contributed by atoms with E-state index in [1.807, 2.05) is 0 Å². The van der Waals surface area contributed by atoms with Crippen molar-refractivity contribution in [2.24, 2.45) is 5.73 Å². The highest BCUT2D eigenvalue weighted by Gasteiger charge is 2.43. The van der Waals surface area contributed by atoms with Gasteiger partial charge in [0.1, 0.15) is 17.5 Å². The summed E-state index contributed by atoms with van der Waals surface area (Å²) >= 11 is 0. The van der Waals surface area contributed by atoms with Crippen molar-refractivity contribution >= 4 is 23.8 Å². The number of benzene rings is 1. The molecule has 3 N–H and O–H groups in total. The van der Waals surface area contributed by atoms with Crippen molar-refractivity contribution in [2.45, 2.75) is 58.2 Å². The molecule has 2 amide bonds. The molecule has 0 spiro atoms. The Kier molecular flexibility index (Phi) is 5.77. The summed E-state index contributed by atoms with van der Waals surface area (Å²) in [7, 11) is 0. The number of carbonyl (C=O) groups excluding carboxylic acids is 3. The summed E-state index contributed by atoms with van der Waals surface area (Å²) in [4.78, 5) is 48.9. The average Bonchev–Trinajstić information content (AvgIpc) is 2.78. The predicted octanol–water partition coefficient (Wildman–Crippen LogP) is 2.02. The molecular formula is C19H23FN2O6. The maximum atomic E-state index is 14.6. The maximum absolute atomic E-state index is 14.6. The van der Waals surface area contributed by atoms with E-state index in [0.29, 0.717) is 0 Å². The summed E-state index contributed by atoms with van der Waals surface area (Å²) in [5.74, 6) is -4.55. The van der Waals surface area contributed by atoms with Gasteiger partial charge in [0.25, 0.3) is 5.91 Å². The highest BCUT2D eigenvalue weighted by Crippen LogP contribution is 2.38. The normalized spacial score (nSPS) is 17.2. The van der Waals surface area contributed by atoms with E-state index < -0.39 is 52.8 Å². The van der Waals surface area contributed by atoms with Crippen molar-refractivity contribution in [2.75, 3.05) is 0 Å². The standard InChI is InChI=1S/C19H23FN2O6/c1-9-14-10(5-6-11(15(14)20)18(26)27)17(25)22(9)12(16(21)24)7-8-13(23)28-19(2,3)4/h5-6,9,12H,7-8H2,1-4H3,(H2,21,24)(H,26,27)/t9-,12+/m1/s1. The van der Waals surface area contributed by atoms with Crippen molar-refractivity contribution < 1.29 is 33.4 Å². The van der Waals surface area contributed by atoms with Gasteiger partial charge in [-0.1, -0.05) is 0 Å². The molecule has 0 radical (unpaired) electrons. The van der Waals surface area contributed by atoms with Gasteiger partial charge < -0.3 is 20.5 Å². The lowest BCUT2D eigenvalue weighted by molar-refractivity contribution is -0.155. The average molecular weight is 394 g/mol. The number of aromatic carboxylic acids is 1. The number of amides is 2. The summed E-state index contributed by atoms with van der Waals surface area (Å²) in [6, 6.07) is 0.130. The SMILES string of the molecule is C[C@@H]1c2c(ccc(C(=O)O)c2F)C(=O)N1[C@@H](CCC(=O)OC(C)(C)C)C(N)=O. The van der Waals surface area contributed by atoms with Gasteiger partial charge in [0.15, 0.2) is 0 Å². The zero-order chi connectivity index (χ0) is 21.4. The number of halogens is 1. The summed E-state index contributed by atoms with van der Waals surface area (Å²) in [6.07, 6.45) is -0.262. The summed E-state index contributed by atoms with van der Waals surface area (Å²) in [5, 5.41) is 9.09. The number of rotatable bonds is 6. The van der Waals surface area contributed by atoms with E-state index in [1.54, 1.807) is 20.8 Å². The number of nitrogens with zero attached hydrogens (tertiary/aromatic N) is 1. The van der Waals surface area contributed by atoms with Gasteiger partial charge in [0, 0.05) is 17.5 Å². The first-order chi connectivity index (χ1) is 12.8. The minimum Gasteiger partial charge on any atom is -0.478 e. The lowest BCUT2D eigenvalue weighted by atomic mass is 10.0. The molecule has 2 atom stereocenters. The Hall–Kier alpha value is -2.97. The first-order valence-electron chi connectivity index (χ1n) is 8.74. The Labute approximate surface area is 161 Å². The number of carbonyl (C=O) groups is 4. The van der Waals surface area contributed by atoms with Gasteiger partial charge in [-0.2, -0.15) is 0 Å². The quantitative estimate of drug-likeness (QED) is 0.711. The molecule has 1 heterocycles. The molecule has 1 aliphatic rings. The van der Waals surface area contributed by atoms with Crippen LogP contribution in [-0.4, -0.2) is 45.4 Å². The number of esters is 1. The van der Waals surface area contributed by atoms with Gasteiger partial charge in [0.2, 0.25) is 5.91 Å². The fourth-order valence-electron chi connectivity index (χ4n) is 3.28. The molecule has 0 saturated heterocycles. The lowest BCUT2D eigenvalue weighted by Gasteiger charge is -2.30. The summed E-state index contributed by atoms with van der Waals surface area (Å²) in [6.45, 7) is 6.56. The zero-order valence-corrected chi connectivity index (χ0v) is 16.1. The largest absolute Gasteiger partial charge is 0.478 e. The highest BCUT2D eigenvalue weighted by molar-refractivity contribution is 6.03. The molecule has 1 aromatic carbocycles. The van der Waals surface area contributed by atoms with Crippen LogP contribution in [0.2, 0.25) is 0 Å². The number of fused-ring (bicyclic) bond motifs is 1. The number of carboxylic acid groups (broad SMARTS) is 1. The van der Waals surface area contributed by atoms with Crippen LogP contribution in [0.3, 0.4) is 0 Å². The molecule has 28 heavy (non-hydrogen) atoms. The number of nitrogens with two attached hydrogens (primary N) is 1. The van der Waals surface area contributed by atoms with E-state index >= 15 is 0 Å². The van der Waals surface area contributed by atoms with E-state index in [0.717, 1.165) is 11.0 Å². The first kappa shape index (κ1) is 21.3. The van der Waals surface area contributed by atoms with Gasteiger partial charge in [-0.25, -0.2) is 9.18 Å². The van der Waals surface area contributed by atoms with E-state index in [4.69, 9.17) is 15.6 Å². The van der Waals surface area contributed by atoms with Gasteiger partial charge in [-0.3, -0.25) is 14.4 Å². The first-order valence-corrected chi connectivity index (χ1v) is 8.74. The second-order valence-electron chi connectivity index (χ2n) is 7.63. The topological polar surface area (TPSA) is 127 Å². The van der Waals surface area contributed by atoms with E-state index in [1.165, 1.54) is 13.0 Å². The van der Waals surface area contributed by atoms with Gasteiger partial charge in [0.05, 0.1) is 11.6 Å². The molecule has 1 aliphatic heterocycles. The van der Waals surface area contributed by atoms with Crippen molar-refractivity contribution in [3.8, 4) is 0 Å². The number of primary amides is 1. The Morgan fingerprint density at radius 1 is 1.32 bits per heavy atom. The third-order valence-electron chi connectivity index (χ3n) is 4.42.